The number of ether oxygens (including phenoxy) is 1. The number of hydrogen-bond donors (Lipinski definition) is 2. The number of unbranched alkanes of at least 4 members (excludes halogenated alkanes) is 2. The number of H-pyrrole nitrogens is 1. The second-order valence-corrected chi connectivity index (χ2v) is 9.31. The molecule has 0 spiro atoms. The monoisotopic (exact) mass is 510 g/mol. The number of rotatable bonds is 10. The number of halogens is 1. The summed E-state index contributed by atoms with van der Waals surface area (Å²) in [4.78, 5) is 16.2. The Hall–Kier alpha value is -4.26. The summed E-state index contributed by atoms with van der Waals surface area (Å²) in [6.45, 7) is 3.43. The minimum Gasteiger partial charge on any atom is -0.478 e. The molecule has 0 radical (unpaired) electrons. The Bertz CT molecular complexity index is 1470. The molecule has 0 saturated carbocycles. The van der Waals surface area contributed by atoms with E-state index in [9.17, 15) is 9.18 Å². The van der Waals surface area contributed by atoms with Crippen LogP contribution in [0.15, 0.2) is 78.5 Å². The van der Waals surface area contributed by atoms with Crippen molar-refractivity contribution in [3.63, 3.8) is 0 Å². The van der Waals surface area contributed by atoms with Crippen molar-refractivity contribution in [2.45, 2.75) is 39.0 Å². The fourth-order valence-corrected chi connectivity index (χ4v) is 4.86. The van der Waals surface area contributed by atoms with E-state index >= 15 is 0 Å². The Morgan fingerprint density at radius 1 is 1.05 bits per heavy atom. The van der Waals surface area contributed by atoms with E-state index in [0.717, 1.165) is 72.1 Å². The molecule has 6 nitrogen and oxygen atoms in total. The van der Waals surface area contributed by atoms with Gasteiger partial charge in [-0.1, -0.05) is 49.4 Å². The smallest absolute Gasteiger partial charge is 0.246 e. The van der Waals surface area contributed by atoms with Crippen molar-refractivity contribution in [2.24, 2.45) is 0 Å². The van der Waals surface area contributed by atoms with Crippen LogP contribution in [0.3, 0.4) is 0 Å². The molecule has 2 aromatic heterocycles. The summed E-state index contributed by atoms with van der Waals surface area (Å²) in [6, 6.07) is 19.8. The second-order valence-electron chi connectivity index (χ2n) is 9.31. The van der Waals surface area contributed by atoms with Crippen molar-refractivity contribution in [1.29, 1.82) is 0 Å². The molecule has 5 rings (SSSR count). The number of carbonyl (C=O) groups excluding carboxylic acids is 1. The number of aromatic nitrogens is 3. The average molecular weight is 511 g/mol. The molecular weight excluding hydrogens is 479 g/mol. The molecule has 1 fully saturated rings. The first-order valence-electron chi connectivity index (χ1n) is 13.1. The third-order valence-electron chi connectivity index (χ3n) is 6.81. The summed E-state index contributed by atoms with van der Waals surface area (Å²) in [5.74, 6) is 0.187. The first kappa shape index (κ1) is 25.4. The van der Waals surface area contributed by atoms with Gasteiger partial charge in [0.25, 0.3) is 0 Å². The lowest BCUT2D eigenvalue weighted by atomic mass is 9.88. The van der Waals surface area contributed by atoms with Gasteiger partial charge < -0.3 is 10.1 Å². The molecule has 4 aromatic rings. The molecule has 194 valence electrons. The molecule has 0 atom stereocenters. The first-order chi connectivity index (χ1) is 18.6. The van der Waals surface area contributed by atoms with Crippen molar-refractivity contribution < 1.29 is 13.9 Å². The van der Waals surface area contributed by atoms with E-state index in [4.69, 9.17) is 4.74 Å². The minimum atomic E-state index is -0.441. The SMILES string of the molecule is CC/C(=C(/c1ccc(OCCCC/C=C2\CCNC2=O)nc1)c1ccc2n[nH]c(F)c2c1)c1ccccc1. The molecular formula is C31H31FN4O2. The Morgan fingerprint density at radius 2 is 1.89 bits per heavy atom. The van der Waals surface area contributed by atoms with Crippen LogP contribution in [0.4, 0.5) is 4.39 Å². The maximum atomic E-state index is 14.4. The predicted molar refractivity (Wildman–Crippen MR) is 148 cm³/mol. The lowest BCUT2D eigenvalue weighted by Crippen LogP contribution is -2.14. The molecule has 0 unspecified atom stereocenters. The summed E-state index contributed by atoms with van der Waals surface area (Å²) in [7, 11) is 0. The lowest BCUT2D eigenvalue weighted by molar-refractivity contribution is -0.116. The summed E-state index contributed by atoms with van der Waals surface area (Å²) in [6.07, 6.45) is 8.16. The van der Waals surface area contributed by atoms with Crippen LogP contribution >= 0.6 is 0 Å². The van der Waals surface area contributed by atoms with Crippen LogP contribution in [-0.4, -0.2) is 34.2 Å². The number of pyridine rings is 1. The third-order valence-corrected chi connectivity index (χ3v) is 6.81. The first-order valence-corrected chi connectivity index (χ1v) is 13.1. The van der Waals surface area contributed by atoms with E-state index in [1.165, 1.54) is 0 Å². The predicted octanol–water partition coefficient (Wildman–Crippen LogP) is 6.46. The number of fused-ring (bicyclic) bond motifs is 1. The van der Waals surface area contributed by atoms with Gasteiger partial charge in [0.2, 0.25) is 17.7 Å². The molecule has 1 aliphatic heterocycles. The van der Waals surface area contributed by atoms with Crippen LogP contribution in [-0.2, 0) is 4.79 Å². The lowest BCUT2D eigenvalue weighted by Gasteiger charge is -2.16. The number of benzene rings is 2. The van der Waals surface area contributed by atoms with Crippen molar-refractivity contribution >= 4 is 28.0 Å². The molecule has 0 bridgehead atoms. The van der Waals surface area contributed by atoms with Gasteiger partial charge in [0.15, 0.2) is 0 Å². The number of nitrogens with one attached hydrogen (secondary N) is 2. The van der Waals surface area contributed by atoms with Gasteiger partial charge in [0.1, 0.15) is 0 Å². The highest BCUT2D eigenvalue weighted by atomic mass is 19.1. The van der Waals surface area contributed by atoms with Crippen molar-refractivity contribution in [1.82, 2.24) is 20.5 Å². The van der Waals surface area contributed by atoms with Crippen LogP contribution in [0.2, 0.25) is 0 Å². The Labute approximate surface area is 221 Å². The Morgan fingerprint density at radius 3 is 2.63 bits per heavy atom. The van der Waals surface area contributed by atoms with Gasteiger partial charge in [0.05, 0.1) is 17.5 Å². The summed E-state index contributed by atoms with van der Waals surface area (Å²) >= 11 is 0. The van der Waals surface area contributed by atoms with E-state index in [1.54, 1.807) is 0 Å². The van der Waals surface area contributed by atoms with Crippen LogP contribution in [0.25, 0.3) is 22.0 Å². The van der Waals surface area contributed by atoms with E-state index < -0.39 is 5.95 Å². The number of carbonyl (C=O) groups is 1. The van der Waals surface area contributed by atoms with Crippen LogP contribution < -0.4 is 10.1 Å². The zero-order valence-electron chi connectivity index (χ0n) is 21.5. The zero-order chi connectivity index (χ0) is 26.3. The number of aromatic amines is 1. The standard InChI is InChI=1S/C31H31FN4O2/c1-2-25(21-9-5-3-6-10-21)29(23-12-14-27-26(19-23)30(32)36-35-27)24-13-15-28(34-20-24)38-18-8-4-7-11-22-16-17-33-31(22)37/h3,5-6,9-15,19-20H,2,4,7-8,16-18H2,1H3,(H,33,37)(H,35,36)/b22-11+,29-25-. The minimum absolute atomic E-state index is 0.0623. The third kappa shape index (κ3) is 5.67. The fourth-order valence-electron chi connectivity index (χ4n) is 4.86. The largest absolute Gasteiger partial charge is 0.478 e. The molecule has 2 aromatic carbocycles. The zero-order valence-corrected chi connectivity index (χ0v) is 21.5. The average Bonchev–Trinajstić information content (AvgIpc) is 3.54. The number of allylic oxidation sites excluding steroid dienone is 2. The molecule has 1 saturated heterocycles. The van der Waals surface area contributed by atoms with Crippen molar-refractivity contribution in [3.8, 4) is 5.88 Å². The quantitative estimate of drug-likeness (QED) is 0.146. The fraction of sp³-hybridized carbons (Fsp3) is 0.258. The summed E-state index contributed by atoms with van der Waals surface area (Å²) in [5, 5.41) is 9.75. The van der Waals surface area contributed by atoms with Gasteiger partial charge in [-0.05, 0) is 72.6 Å². The van der Waals surface area contributed by atoms with Crippen LogP contribution in [0.5, 0.6) is 5.88 Å². The van der Waals surface area contributed by atoms with Gasteiger partial charge in [-0.2, -0.15) is 9.49 Å². The maximum absolute atomic E-state index is 14.4. The normalized spacial score (nSPS) is 15.1. The summed E-state index contributed by atoms with van der Waals surface area (Å²) in [5.41, 5.74) is 6.58. The van der Waals surface area contributed by atoms with E-state index in [-0.39, 0.29) is 5.91 Å². The molecule has 1 amide bonds. The van der Waals surface area contributed by atoms with Crippen LogP contribution in [0, 0.1) is 5.95 Å². The summed E-state index contributed by atoms with van der Waals surface area (Å²) < 4.78 is 20.2. The number of amides is 1. The molecule has 7 heteroatoms. The highest BCUT2D eigenvalue weighted by Gasteiger charge is 2.16. The van der Waals surface area contributed by atoms with Crippen molar-refractivity contribution in [2.75, 3.05) is 13.2 Å². The molecule has 38 heavy (non-hydrogen) atoms. The molecule has 2 N–H and O–H groups in total. The maximum Gasteiger partial charge on any atom is 0.246 e. The highest BCUT2D eigenvalue weighted by molar-refractivity contribution is 6.00. The number of hydrogen-bond acceptors (Lipinski definition) is 4. The van der Waals surface area contributed by atoms with Gasteiger partial charge in [-0.15, -0.1) is 0 Å². The van der Waals surface area contributed by atoms with Crippen molar-refractivity contribution in [3.05, 3.63) is 101 Å². The van der Waals surface area contributed by atoms with Gasteiger partial charge in [-0.25, -0.2) is 4.98 Å². The number of nitrogens with zero attached hydrogens (tertiary/aromatic N) is 2. The topological polar surface area (TPSA) is 79.9 Å². The van der Waals surface area contributed by atoms with Gasteiger partial charge >= 0.3 is 0 Å². The Kier molecular flexibility index (Phi) is 7.92. The van der Waals surface area contributed by atoms with E-state index in [2.05, 4.69) is 39.6 Å². The molecule has 0 aliphatic carbocycles. The molecule has 1 aliphatic rings. The van der Waals surface area contributed by atoms with Crippen LogP contribution in [0.1, 0.15) is 55.7 Å². The van der Waals surface area contributed by atoms with Gasteiger partial charge in [-0.3, -0.25) is 9.89 Å². The van der Waals surface area contributed by atoms with E-state index in [1.807, 2.05) is 60.8 Å². The highest BCUT2D eigenvalue weighted by Crippen LogP contribution is 2.35. The van der Waals surface area contributed by atoms with E-state index in [0.29, 0.717) is 23.4 Å². The Balaban J connectivity index is 1.35. The molecule has 3 heterocycles. The van der Waals surface area contributed by atoms with Gasteiger partial charge in [0, 0.05) is 29.9 Å². The second kappa shape index (κ2) is 11.9.